The maximum atomic E-state index is 4.54. The van der Waals surface area contributed by atoms with Crippen LogP contribution in [0.1, 0.15) is 32.6 Å². The van der Waals surface area contributed by atoms with Crippen molar-refractivity contribution in [2.75, 3.05) is 5.75 Å². The smallest absolute Gasteiger partial charge is 0.0951 e. The molecule has 0 aromatic carbocycles. The molecule has 0 saturated carbocycles. The summed E-state index contributed by atoms with van der Waals surface area (Å²) in [4.78, 5) is 0. The molecule has 0 unspecified atom stereocenters. The highest BCUT2D eigenvalue weighted by molar-refractivity contribution is 8.20. The SMILES string of the molecule is CCCCCCS[C]=S. The van der Waals surface area contributed by atoms with Gasteiger partial charge in [-0.1, -0.05) is 38.4 Å². The van der Waals surface area contributed by atoms with Crippen molar-refractivity contribution >= 4 is 28.7 Å². The molecule has 0 amide bonds. The summed E-state index contributed by atoms with van der Waals surface area (Å²) in [6, 6.07) is 0. The minimum absolute atomic E-state index is 1.16. The highest BCUT2D eigenvalue weighted by Crippen LogP contribution is 2.04. The summed E-state index contributed by atoms with van der Waals surface area (Å²) in [7, 11) is 0. The zero-order chi connectivity index (χ0) is 6.95. The number of hydrogen-bond acceptors (Lipinski definition) is 2. The maximum absolute atomic E-state index is 4.54. The lowest BCUT2D eigenvalue weighted by molar-refractivity contribution is 0.707. The zero-order valence-electron chi connectivity index (χ0n) is 5.85. The molecule has 0 fully saturated rings. The molecular formula is C7H13S2. The Morgan fingerprint density at radius 3 is 2.67 bits per heavy atom. The van der Waals surface area contributed by atoms with Crippen LogP contribution in [0.15, 0.2) is 0 Å². The van der Waals surface area contributed by atoms with Gasteiger partial charge in [0.05, 0.1) is 4.70 Å². The monoisotopic (exact) mass is 161 g/mol. The van der Waals surface area contributed by atoms with Crippen LogP contribution in [0.4, 0.5) is 0 Å². The van der Waals surface area contributed by atoms with E-state index in [0.29, 0.717) is 0 Å². The molecule has 0 bridgehead atoms. The molecule has 0 aliphatic rings. The lowest BCUT2D eigenvalue weighted by Crippen LogP contribution is -1.78. The van der Waals surface area contributed by atoms with E-state index in [1.807, 2.05) is 0 Å². The average molecular weight is 161 g/mol. The number of thioether (sulfide) groups is 1. The van der Waals surface area contributed by atoms with Crippen LogP contribution >= 0.6 is 24.0 Å². The van der Waals surface area contributed by atoms with Crippen molar-refractivity contribution < 1.29 is 0 Å². The average Bonchev–Trinajstić information content (AvgIpc) is 1.89. The largest absolute Gasteiger partial charge is 0.113 e. The molecule has 0 heterocycles. The van der Waals surface area contributed by atoms with E-state index in [2.05, 4.69) is 23.8 Å². The fourth-order valence-electron chi connectivity index (χ4n) is 0.643. The summed E-state index contributed by atoms with van der Waals surface area (Å²) in [5, 5.41) is 0. The van der Waals surface area contributed by atoms with Crippen molar-refractivity contribution in [1.29, 1.82) is 0 Å². The van der Waals surface area contributed by atoms with Gasteiger partial charge in [0.15, 0.2) is 0 Å². The molecule has 0 rings (SSSR count). The quantitative estimate of drug-likeness (QED) is 0.433. The van der Waals surface area contributed by atoms with Crippen molar-refractivity contribution in [1.82, 2.24) is 0 Å². The summed E-state index contributed by atoms with van der Waals surface area (Å²) in [6.45, 7) is 2.22. The van der Waals surface area contributed by atoms with Crippen molar-refractivity contribution in [3.63, 3.8) is 0 Å². The minimum atomic E-state index is 1.16. The van der Waals surface area contributed by atoms with E-state index in [-0.39, 0.29) is 0 Å². The summed E-state index contributed by atoms with van der Waals surface area (Å²) in [5.41, 5.74) is 0. The third-order valence-electron chi connectivity index (χ3n) is 1.16. The van der Waals surface area contributed by atoms with Crippen LogP contribution in [0.3, 0.4) is 0 Å². The number of unbranched alkanes of at least 4 members (excludes halogenated alkanes) is 3. The first-order valence-electron chi connectivity index (χ1n) is 3.40. The van der Waals surface area contributed by atoms with Crippen LogP contribution in [0.5, 0.6) is 0 Å². The molecule has 0 nitrogen and oxygen atoms in total. The molecule has 0 aliphatic heterocycles. The first-order valence-corrected chi connectivity index (χ1v) is 4.80. The van der Waals surface area contributed by atoms with Gasteiger partial charge in [0, 0.05) is 0 Å². The molecule has 2 heteroatoms. The molecule has 0 saturated heterocycles. The van der Waals surface area contributed by atoms with Gasteiger partial charge < -0.3 is 0 Å². The number of rotatable bonds is 6. The highest BCUT2D eigenvalue weighted by atomic mass is 32.2. The molecule has 53 valence electrons. The molecule has 0 aromatic rings. The number of thiocarbonyl (C=S) groups is 1. The van der Waals surface area contributed by atoms with E-state index in [1.54, 1.807) is 11.8 Å². The van der Waals surface area contributed by atoms with E-state index < -0.39 is 0 Å². The normalized spacial score (nSPS) is 9.44. The summed E-state index contributed by atoms with van der Waals surface area (Å²) in [5.74, 6) is 1.16. The number of hydrogen-bond donors (Lipinski definition) is 0. The zero-order valence-corrected chi connectivity index (χ0v) is 7.49. The Bertz CT molecular complexity index is 61.9. The Hall–Kier alpha value is 0.440. The Labute approximate surface area is 67.4 Å². The van der Waals surface area contributed by atoms with Gasteiger partial charge in [-0.2, -0.15) is 0 Å². The van der Waals surface area contributed by atoms with Gasteiger partial charge in [-0.05, 0) is 12.2 Å². The lowest BCUT2D eigenvalue weighted by Gasteiger charge is -1.93. The van der Waals surface area contributed by atoms with Crippen LogP contribution in [0, 0.1) is 0 Å². The Morgan fingerprint density at radius 2 is 2.11 bits per heavy atom. The minimum Gasteiger partial charge on any atom is -0.113 e. The van der Waals surface area contributed by atoms with Gasteiger partial charge in [-0.25, -0.2) is 0 Å². The van der Waals surface area contributed by atoms with Gasteiger partial charge in [-0.15, -0.1) is 11.8 Å². The van der Waals surface area contributed by atoms with Crippen LogP contribution < -0.4 is 0 Å². The van der Waals surface area contributed by atoms with Gasteiger partial charge in [0.1, 0.15) is 0 Å². The predicted molar refractivity (Wildman–Crippen MR) is 49.2 cm³/mol. The van der Waals surface area contributed by atoms with Gasteiger partial charge in [-0.3, -0.25) is 0 Å². The lowest BCUT2D eigenvalue weighted by atomic mass is 10.2. The molecule has 9 heavy (non-hydrogen) atoms. The topological polar surface area (TPSA) is 0 Å². The molecule has 0 atom stereocenters. The van der Waals surface area contributed by atoms with Crippen molar-refractivity contribution in [3.05, 3.63) is 0 Å². The summed E-state index contributed by atoms with van der Waals surface area (Å²) >= 11 is 6.17. The standard InChI is InChI=1S/C7H13S2/c1-2-3-4-5-6-9-7-8/h2-6H2,1H3. The summed E-state index contributed by atoms with van der Waals surface area (Å²) in [6.07, 6.45) is 5.31. The van der Waals surface area contributed by atoms with Gasteiger partial charge in [0.2, 0.25) is 0 Å². The van der Waals surface area contributed by atoms with E-state index in [1.165, 1.54) is 25.7 Å². The van der Waals surface area contributed by atoms with E-state index in [0.717, 1.165) is 5.75 Å². The van der Waals surface area contributed by atoms with E-state index in [9.17, 15) is 0 Å². The van der Waals surface area contributed by atoms with Crippen LogP contribution in [-0.4, -0.2) is 10.5 Å². The molecule has 1 radical (unpaired) electrons. The Morgan fingerprint density at radius 1 is 1.33 bits per heavy atom. The van der Waals surface area contributed by atoms with Crippen LogP contribution in [-0.2, 0) is 0 Å². The van der Waals surface area contributed by atoms with Gasteiger partial charge in [0.25, 0.3) is 0 Å². The van der Waals surface area contributed by atoms with Crippen LogP contribution in [0.2, 0.25) is 0 Å². The van der Waals surface area contributed by atoms with Crippen molar-refractivity contribution in [3.8, 4) is 0 Å². The second-order valence-corrected chi connectivity index (χ2v) is 3.36. The molecule has 0 aromatic heterocycles. The Kier molecular flexibility index (Phi) is 8.85. The first kappa shape index (κ1) is 9.44. The van der Waals surface area contributed by atoms with Gasteiger partial charge >= 0.3 is 0 Å². The molecule has 0 aliphatic carbocycles. The second-order valence-electron chi connectivity index (χ2n) is 1.99. The third kappa shape index (κ3) is 8.44. The second kappa shape index (κ2) is 8.44. The van der Waals surface area contributed by atoms with Crippen LogP contribution in [0.25, 0.3) is 0 Å². The maximum Gasteiger partial charge on any atom is 0.0951 e. The third-order valence-corrected chi connectivity index (χ3v) is 2.12. The van der Waals surface area contributed by atoms with E-state index >= 15 is 0 Å². The first-order chi connectivity index (χ1) is 4.41. The predicted octanol–water partition coefficient (Wildman–Crippen LogP) is 3.13. The molecule has 0 spiro atoms. The fourth-order valence-corrected chi connectivity index (χ4v) is 1.32. The van der Waals surface area contributed by atoms with E-state index in [4.69, 9.17) is 0 Å². The molecular weight excluding hydrogens is 148 g/mol. The fraction of sp³-hybridized carbons (Fsp3) is 0.857. The summed E-state index contributed by atoms with van der Waals surface area (Å²) < 4.78 is 2.64. The van der Waals surface area contributed by atoms with Crippen molar-refractivity contribution in [2.45, 2.75) is 32.6 Å². The Balaban J connectivity index is 2.66. The highest BCUT2D eigenvalue weighted by Gasteiger charge is 1.85. The van der Waals surface area contributed by atoms with Crippen molar-refractivity contribution in [2.24, 2.45) is 0 Å². The molecule has 0 N–H and O–H groups in total.